The van der Waals surface area contributed by atoms with Crippen LogP contribution in [-0.4, -0.2) is 49.5 Å². The third-order valence-corrected chi connectivity index (χ3v) is 3.29. The average Bonchev–Trinajstić information content (AvgIpc) is 2.21. The lowest BCUT2D eigenvalue weighted by Crippen LogP contribution is -2.45. The van der Waals surface area contributed by atoms with Crippen LogP contribution in [0.1, 0.15) is 26.2 Å². The fraction of sp³-hybridized carbons (Fsp3) is 0.800. The van der Waals surface area contributed by atoms with Gasteiger partial charge in [-0.15, -0.1) is 0 Å². The van der Waals surface area contributed by atoms with Crippen LogP contribution in [0.5, 0.6) is 0 Å². The molecule has 0 aromatic heterocycles. The van der Waals surface area contributed by atoms with Crippen molar-refractivity contribution in [1.82, 2.24) is 5.32 Å². The summed E-state index contributed by atoms with van der Waals surface area (Å²) < 4.78 is 21.8. The standard InChI is InChI=1S/C10H20N2O5S/c1-7(3-4-9(13)14)12-10(15)8(11)5-6-18(2,16)17/h7-8H,3-6,11H2,1-2H3,(H,12,15)(H,13,14). The molecule has 106 valence electrons. The lowest BCUT2D eigenvalue weighted by molar-refractivity contribution is -0.137. The molecule has 18 heavy (non-hydrogen) atoms. The monoisotopic (exact) mass is 280 g/mol. The van der Waals surface area contributed by atoms with Crippen LogP contribution in [0, 0.1) is 0 Å². The number of carbonyl (C=O) groups excluding carboxylic acids is 1. The second-order valence-electron chi connectivity index (χ2n) is 4.37. The zero-order valence-corrected chi connectivity index (χ0v) is 11.4. The fourth-order valence-corrected chi connectivity index (χ4v) is 1.92. The topological polar surface area (TPSA) is 127 Å². The molecule has 2 atom stereocenters. The molecule has 8 heteroatoms. The summed E-state index contributed by atoms with van der Waals surface area (Å²) in [5, 5.41) is 11.0. The van der Waals surface area contributed by atoms with E-state index in [1.54, 1.807) is 6.92 Å². The van der Waals surface area contributed by atoms with Crippen molar-refractivity contribution < 1.29 is 23.1 Å². The van der Waals surface area contributed by atoms with E-state index in [0.29, 0.717) is 6.42 Å². The molecule has 4 N–H and O–H groups in total. The highest BCUT2D eigenvalue weighted by molar-refractivity contribution is 7.90. The van der Waals surface area contributed by atoms with Crippen LogP contribution in [0.25, 0.3) is 0 Å². The third-order valence-electron chi connectivity index (χ3n) is 2.32. The molecule has 0 aromatic carbocycles. The predicted molar refractivity (Wildman–Crippen MR) is 66.8 cm³/mol. The van der Waals surface area contributed by atoms with Gasteiger partial charge in [0.05, 0.1) is 11.8 Å². The highest BCUT2D eigenvalue weighted by Crippen LogP contribution is 1.99. The van der Waals surface area contributed by atoms with Crippen LogP contribution >= 0.6 is 0 Å². The van der Waals surface area contributed by atoms with E-state index >= 15 is 0 Å². The molecule has 0 radical (unpaired) electrons. The number of aliphatic carboxylic acids is 1. The molecule has 0 heterocycles. The third kappa shape index (κ3) is 8.94. The molecular formula is C10H20N2O5S. The van der Waals surface area contributed by atoms with Crippen LogP contribution in [0.3, 0.4) is 0 Å². The Bertz CT molecular complexity index is 393. The van der Waals surface area contributed by atoms with Crippen LogP contribution in [0.4, 0.5) is 0 Å². The number of sulfone groups is 1. The van der Waals surface area contributed by atoms with Gasteiger partial charge in [0.15, 0.2) is 0 Å². The van der Waals surface area contributed by atoms with Crippen molar-refractivity contribution >= 4 is 21.7 Å². The summed E-state index contributed by atoms with van der Waals surface area (Å²) in [5.41, 5.74) is 5.54. The SMILES string of the molecule is CC(CCC(=O)O)NC(=O)C(N)CCS(C)(=O)=O. The van der Waals surface area contributed by atoms with E-state index in [1.807, 2.05) is 0 Å². The minimum Gasteiger partial charge on any atom is -0.481 e. The summed E-state index contributed by atoms with van der Waals surface area (Å²) in [5.74, 6) is -1.54. The van der Waals surface area contributed by atoms with Gasteiger partial charge >= 0.3 is 5.97 Å². The van der Waals surface area contributed by atoms with Gasteiger partial charge in [-0.3, -0.25) is 9.59 Å². The van der Waals surface area contributed by atoms with E-state index in [0.717, 1.165) is 6.26 Å². The first-order valence-corrected chi connectivity index (χ1v) is 7.63. The van der Waals surface area contributed by atoms with Gasteiger partial charge in [0.2, 0.25) is 5.91 Å². The van der Waals surface area contributed by atoms with Crippen molar-refractivity contribution in [2.24, 2.45) is 5.73 Å². The summed E-state index contributed by atoms with van der Waals surface area (Å²) in [6, 6.07) is -1.20. The van der Waals surface area contributed by atoms with Gasteiger partial charge in [-0.1, -0.05) is 0 Å². The maximum absolute atomic E-state index is 11.5. The minimum atomic E-state index is -3.14. The number of carbonyl (C=O) groups is 2. The molecule has 0 aliphatic carbocycles. The first-order chi connectivity index (χ1) is 8.11. The molecule has 2 unspecified atom stereocenters. The highest BCUT2D eigenvalue weighted by Gasteiger charge is 2.17. The number of carboxylic acids is 1. The number of carboxylic acid groups (broad SMARTS) is 1. The highest BCUT2D eigenvalue weighted by atomic mass is 32.2. The maximum Gasteiger partial charge on any atom is 0.303 e. The summed E-state index contributed by atoms with van der Waals surface area (Å²) in [4.78, 5) is 21.9. The Morgan fingerprint density at radius 3 is 2.33 bits per heavy atom. The summed E-state index contributed by atoms with van der Waals surface area (Å²) in [7, 11) is -3.14. The van der Waals surface area contributed by atoms with E-state index in [2.05, 4.69) is 5.32 Å². The molecule has 0 rings (SSSR count). The summed E-state index contributed by atoms with van der Waals surface area (Å²) >= 11 is 0. The van der Waals surface area contributed by atoms with Gasteiger partial charge < -0.3 is 16.2 Å². The van der Waals surface area contributed by atoms with Gasteiger partial charge in [0, 0.05) is 18.7 Å². The first-order valence-electron chi connectivity index (χ1n) is 5.57. The Morgan fingerprint density at radius 1 is 1.33 bits per heavy atom. The largest absolute Gasteiger partial charge is 0.481 e. The molecule has 0 aliphatic rings. The van der Waals surface area contributed by atoms with E-state index in [1.165, 1.54) is 0 Å². The van der Waals surface area contributed by atoms with Crippen molar-refractivity contribution in [1.29, 1.82) is 0 Å². The van der Waals surface area contributed by atoms with Crippen molar-refractivity contribution in [3.63, 3.8) is 0 Å². The van der Waals surface area contributed by atoms with Crippen LogP contribution in [0.15, 0.2) is 0 Å². The van der Waals surface area contributed by atoms with E-state index in [4.69, 9.17) is 10.8 Å². The molecule has 0 aliphatic heterocycles. The zero-order chi connectivity index (χ0) is 14.3. The van der Waals surface area contributed by atoms with Crippen LogP contribution in [-0.2, 0) is 19.4 Å². The molecule has 1 amide bonds. The van der Waals surface area contributed by atoms with Crippen LogP contribution in [0.2, 0.25) is 0 Å². The lowest BCUT2D eigenvalue weighted by Gasteiger charge is -2.16. The lowest BCUT2D eigenvalue weighted by atomic mass is 10.1. The summed E-state index contributed by atoms with van der Waals surface area (Å²) in [6.45, 7) is 1.67. The Labute approximate surface area is 107 Å². The van der Waals surface area contributed by atoms with E-state index in [9.17, 15) is 18.0 Å². The molecule has 7 nitrogen and oxygen atoms in total. The maximum atomic E-state index is 11.5. The molecule has 0 bridgehead atoms. The van der Waals surface area contributed by atoms with Crippen LogP contribution < -0.4 is 11.1 Å². The Hall–Kier alpha value is -1.15. The minimum absolute atomic E-state index is 0.0416. The number of nitrogens with two attached hydrogens (primary N) is 1. The fourth-order valence-electron chi connectivity index (χ4n) is 1.23. The molecule has 0 saturated carbocycles. The second kappa shape index (κ2) is 7.32. The number of rotatable bonds is 8. The Kier molecular flexibility index (Phi) is 6.85. The van der Waals surface area contributed by atoms with Gasteiger partial charge in [-0.05, 0) is 19.8 Å². The van der Waals surface area contributed by atoms with E-state index < -0.39 is 27.8 Å². The van der Waals surface area contributed by atoms with Crippen molar-refractivity contribution in [3.8, 4) is 0 Å². The molecule has 0 saturated heterocycles. The normalized spacial score (nSPS) is 14.8. The Morgan fingerprint density at radius 2 is 1.89 bits per heavy atom. The molecule has 0 spiro atoms. The Balaban J connectivity index is 4.04. The van der Waals surface area contributed by atoms with E-state index in [-0.39, 0.29) is 24.6 Å². The first kappa shape index (κ1) is 16.9. The predicted octanol–water partition coefficient (Wildman–Crippen LogP) is -0.882. The van der Waals surface area contributed by atoms with Crippen molar-refractivity contribution in [3.05, 3.63) is 0 Å². The van der Waals surface area contributed by atoms with Crippen molar-refractivity contribution in [2.45, 2.75) is 38.3 Å². The number of nitrogens with one attached hydrogen (secondary N) is 1. The molecular weight excluding hydrogens is 260 g/mol. The van der Waals surface area contributed by atoms with Gasteiger partial charge in [0.1, 0.15) is 9.84 Å². The van der Waals surface area contributed by atoms with Gasteiger partial charge in [0.25, 0.3) is 0 Å². The quantitative estimate of drug-likeness (QED) is 0.530. The van der Waals surface area contributed by atoms with Gasteiger partial charge in [-0.2, -0.15) is 0 Å². The van der Waals surface area contributed by atoms with Crippen molar-refractivity contribution in [2.75, 3.05) is 12.0 Å². The molecule has 0 fully saturated rings. The second-order valence-corrected chi connectivity index (χ2v) is 6.63. The van der Waals surface area contributed by atoms with Gasteiger partial charge in [-0.25, -0.2) is 8.42 Å². The summed E-state index contributed by atoms with van der Waals surface area (Å²) in [6.07, 6.45) is 1.39. The number of amides is 1. The number of hydrogen-bond acceptors (Lipinski definition) is 5. The zero-order valence-electron chi connectivity index (χ0n) is 10.5. The molecule has 0 aromatic rings. The number of hydrogen-bond donors (Lipinski definition) is 3. The average molecular weight is 280 g/mol. The smallest absolute Gasteiger partial charge is 0.303 e.